The van der Waals surface area contributed by atoms with Gasteiger partial charge in [-0.3, -0.25) is 9.59 Å². The van der Waals surface area contributed by atoms with Gasteiger partial charge in [-0.2, -0.15) is 0 Å². The largest absolute Gasteiger partial charge is 0.456 e. The van der Waals surface area contributed by atoms with E-state index in [9.17, 15) is 9.59 Å². The van der Waals surface area contributed by atoms with E-state index in [1.54, 1.807) is 23.9 Å². The van der Waals surface area contributed by atoms with Crippen LogP contribution in [0.4, 0.5) is 5.69 Å². The molecule has 1 amide bonds. The molecule has 33 heavy (non-hydrogen) atoms. The zero-order chi connectivity index (χ0) is 23.7. The third-order valence-electron chi connectivity index (χ3n) is 5.63. The first-order chi connectivity index (χ1) is 15.8. The number of amides is 1. The summed E-state index contributed by atoms with van der Waals surface area (Å²) >= 11 is 0. The molecule has 0 unspecified atom stereocenters. The van der Waals surface area contributed by atoms with E-state index in [1.165, 1.54) is 11.6 Å². The summed E-state index contributed by atoms with van der Waals surface area (Å²) in [5, 5.41) is 4.25. The summed E-state index contributed by atoms with van der Waals surface area (Å²) in [4.78, 5) is 24.7. The number of nitrogens with zero attached hydrogens (tertiary/aromatic N) is 1. The Labute approximate surface area is 193 Å². The molecule has 1 N–H and O–H groups in total. The maximum Gasteiger partial charge on any atom is 0.258 e. The number of hydrogen-bond acceptors (Lipinski definition) is 3. The number of carbonyl (C=O) groups excluding carboxylic acids is 1. The molecule has 3 aromatic carbocycles. The molecule has 5 heteroatoms. The van der Waals surface area contributed by atoms with Gasteiger partial charge < -0.3 is 14.6 Å². The van der Waals surface area contributed by atoms with Crippen LogP contribution in [0.1, 0.15) is 16.7 Å². The second kappa shape index (κ2) is 8.79. The van der Waals surface area contributed by atoms with Crippen LogP contribution < -0.4 is 15.6 Å². The molecular weight excluding hydrogens is 412 g/mol. The number of ether oxygens (including phenoxy) is 1. The van der Waals surface area contributed by atoms with E-state index in [0.29, 0.717) is 16.8 Å². The van der Waals surface area contributed by atoms with Crippen molar-refractivity contribution in [2.75, 3.05) is 5.32 Å². The van der Waals surface area contributed by atoms with Crippen LogP contribution in [0.25, 0.3) is 21.9 Å². The number of carbonyl (C=O) groups is 1. The molecule has 0 saturated heterocycles. The molecule has 0 fully saturated rings. The zero-order valence-corrected chi connectivity index (χ0v) is 19.2. The summed E-state index contributed by atoms with van der Waals surface area (Å²) in [5.74, 6) is 1.12. The van der Waals surface area contributed by atoms with Crippen LogP contribution >= 0.6 is 0 Å². The van der Waals surface area contributed by atoms with Crippen LogP contribution in [0.2, 0.25) is 0 Å². The summed E-state index contributed by atoms with van der Waals surface area (Å²) in [5.41, 5.74) is 5.38. The SMILES string of the molecule is C=CC(=O)Nc1ccc(Oc2c(C)cc(C)cc2C)c(-c2cn(C)c(=O)c3ccccc23)c1. The molecule has 0 bridgehead atoms. The highest BCUT2D eigenvalue weighted by Crippen LogP contribution is 2.40. The smallest absolute Gasteiger partial charge is 0.258 e. The topological polar surface area (TPSA) is 60.3 Å². The normalized spacial score (nSPS) is 10.8. The van der Waals surface area contributed by atoms with Gasteiger partial charge >= 0.3 is 0 Å². The van der Waals surface area contributed by atoms with Crippen molar-refractivity contribution in [3.8, 4) is 22.6 Å². The first kappa shape index (κ1) is 22.1. The van der Waals surface area contributed by atoms with Gasteiger partial charge in [0, 0.05) is 35.4 Å². The minimum Gasteiger partial charge on any atom is -0.456 e. The van der Waals surface area contributed by atoms with Gasteiger partial charge in [-0.15, -0.1) is 0 Å². The predicted octanol–water partition coefficient (Wildman–Crippen LogP) is 6.05. The van der Waals surface area contributed by atoms with Crippen molar-refractivity contribution in [1.82, 2.24) is 4.57 Å². The van der Waals surface area contributed by atoms with Gasteiger partial charge in [0.1, 0.15) is 11.5 Å². The molecule has 0 aliphatic carbocycles. The Hall–Kier alpha value is -4.12. The van der Waals surface area contributed by atoms with Crippen LogP contribution in [-0.2, 0) is 11.8 Å². The summed E-state index contributed by atoms with van der Waals surface area (Å²) in [6.45, 7) is 9.63. The van der Waals surface area contributed by atoms with Crippen LogP contribution in [0.5, 0.6) is 11.5 Å². The fraction of sp³-hybridized carbons (Fsp3) is 0.143. The fourth-order valence-corrected chi connectivity index (χ4v) is 4.17. The molecule has 0 saturated carbocycles. The van der Waals surface area contributed by atoms with Gasteiger partial charge in [0.25, 0.3) is 5.56 Å². The highest BCUT2D eigenvalue weighted by Gasteiger charge is 2.17. The number of nitrogens with one attached hydrogen (secondary N) is 1. The number of hydrogen-bond donors (Lipinski definition) is 1. The molecule has 1 heterocycles. The van der Waals surface area contributed by atoms with E-state index in [4.69, 9.17) is 4.74 Å². The molecular formula is C28H26N2O3. The Bertz CT molecular complexity index is 1440. The van der Waals surface area contributed by atoms with E-state index in [2.05, 4.69) is 31.0 Å². The minimum absolute atomic E-state index is 0.0712. The third kappa shape index (κ3) is 4.30. The third-order valence-corrected chi connectivity index (χ3v) is 5.63. The van der Waals surface area contributed by atoms with Gasteiger partial charge in [-0.1, -0.05) is 42.5 Å². The van der Waals surface area contributed by atoms with Gasteiger partial charge in [-0.05, 0) is 67.6 Å². The van der Waals surface area contributed by atoms with Crippen LogP contribution in [0.3, 0.4) is 0 Å². The number of benzene rings is 3. The van der Waals surface area contributed by atoms with Crippen molar-refractivity contribution in [3.63, 3.8) is 0 Å². The van der Waals surface area contributed by atoms with E-state index in [0.717, 1.165) is 33.4 Å². The molecule has 0 aliphatic rings. The van der Waals surface area contributed by atoms with Crippen LogP contribution in [0.15, 0.2) is 78.2 Å². The molecule has 4 rings (SSSR count). The summed E-state index contributed by atoms with van der Waals surface area (Å²) < 4.78 is 8.03. The van der Waals surface area contributed by atoms with Gasteiger partial charge in [-0.25, -0.2) is 0 Å². The number of anilines is 1. The molecule has 5 nitrogen and oxygen atoms in total. The molecule has 0 radical (unpaired) electrons. The molecule has 0 aliphatic heterocycles. The summed E-state index contributed by atoms with van der Waals surface area (Å²) in [6.07, 6.45) is 3.03. The average molecular weight is 439 g/mol. The lowest BCUT2D eigenvalue weighted by Gasteiger charge is -2.18. The van der Waals surface area contributed by atoms with Crippen LogP contribution in [0, 0.1) is 20.8 Å². The van der Waals surface area contributed by atoms with Crippen molar-refractivity contribution < 1.29 is 9.53 Å². The number of fused-ring (bicyclic) bond motifs is 1. The minimum atomic E-state index is -0.301. The Morgan fingerprint density at radius 3 is 2.30 bits per heavy atom. The highest BCUT2D eigenvalue weighted by molar-refractivity contribution is 6.01. The standard InChI is InChI=1S/C28H26N2O3/c1-6-26(31)29-20-11-12-25(33-27-18(3)13-17(2)14-19(27)4)23(15-20)24-16-30(5)28(32)22-10-8-7-9-21(22)24/h6-16H,1H2,2-5H3,(H,29,31). The lowest BCUT2D eigenvalue weighted by molar-refractivity contribution is -0.111. The zero-order valence-electron chi connectivity index (χ0n) is 19.2. The second-order valence-electron chi connectivity index (χ2n) is 8.24. The molecule has 1 aromatic heterocycles. The first-order valence-electron chi connectivity index (χ1n) is 10.7. The lowest BCUT2D eigenvalue weighted by atomic mass is 9.99. The highest BCUT2D eigenvalue weighted by atomic mass is 16.5. The Morgan fingerprint density at radius 2 is 1.64 bits per heavy atom. The molecule has 0 atom stereocenters. The number of rotatable bonds is 5. The maximum absolute atomic E-state index is 12.7. The number of aryl methyl sites for hydroxylation is 4. The average Bonchev–Trinajstić information content (AvgIpc) is 2.79. The van der Waals surface area contributed by atoms with Crippen molar-refractivity contribution >= 4 is 22.4 Å². The lowest BCUT2D eigenvalue weighted by Crippen LogP contribution is -2.16. The van der Waals surface area contributed by atoms with E-state index in [-0.39, 0.29) is 11.5 Å². The molecule has 166 valence electrons. The Kier molecular flexibility index (Phi) is 5.88. The van der Waals surface area contributed by atoms with Gasteiger partial charge in [0.2, 0.25) is 5.91 Å². The predicted molar refractivity (Wildman–Crippen MR) is 134 cm³/mol. The quantitative estimate of drug-likeness (QED) is 0.386. The van der Waals surface area contributed by atoms with Gasteiger partial charge in [0.15, 0.2) is 0 Å². The van der Waals surface area contributed by atoms with Crippen molar-refractivity contribution in [2.45, 2.75) is 20.8 Å². The summed E-state index contributed by atoms with van der Waals surface area (Å²) in [6, 6.07) is 17.2. The van der Waals surface area contributed by atoms with E-state index < -0.39 is 0 Å². The number of aromatic nitrogens is 1. The van der Waals surface area contributed by atoms with Gasteiger partial charge in [0.05, 0.1) is 0 Å². The first-order valence-corrected chi connectivity index (χ1v) is 10.7. The maximum atomic E-state index is 12.7. The fourth-order valence-electron chi connectivity index (χ4n) is 4.17. The van der Waals surface area contributed by atoms with Crippen molar-refractivity contribution in [3.05, 3.63) is 100 Å². The van der Waals surface area contributed by atoms with Crippen LogP contribution in [-0.4, -0.2) is 10.5 Å². The Balaban J connectivity index is 1.96. The molecule has 0 spiro atoms. The van der Waals surface area contributed by atoms with E-state index in [1.807, 2.05) is 50.2 Å². The second-order valence-corrected chi connectivity index (χ2v) is 8.24. The van der Waals surface area contributed by atoms with E-state index >= 15 is 0 Å². The Morgan fingerprint density at radius 1 is 0.970 bits per heavy atom. The van der Waals surface area contributed by atoms with Crippen molar-refractivity contribution in [2.24, 2.45) is 7.05 Å². The summed E-state index contributed by atoms with van der Waals surface area (Å²) in [7, 11) is 1.73. The monoisotopic (exact) mass is 438 g/mol. The molecule has 4 aromatic rings. The van der Waals surface area contributed by atoms with Crippen molar-refractivity contribution in [1.29, 1.82) is 0 Å². The number of pyridine rings is 1.